The molecule has 0 aromatic heterocycles. The quantitative estimate of drug-likeness (QED) is 0.347. The molecule has 4 atom stereocenters. The highest BCUT2D eigenvalue weighted by Crippen LogP contribution is 2.75. The topological polar surface area (TPSA) is 134 Å². The molecule has 0 unspecified atom stereocenters. The van der Waals surface area contributed by atoms with Crippen molar-refractivity contribution in [2.45, 2.75) is 23.2 Å². The molecule has 0 spiro atoms. The Hall–Kier alpha value is -3.23. The first-order valence-electron chi connectivity index (χ1n) is 8.68. The van der Waals surface area contributed by atoms with Gasteiger partial charge in [0.25, 0.3) is 0 Å². The van der Waals surface area contributed by atoms with Gasteiger partial charge < -0.3 is 24.8 Å². The maximum Gasteiger partial charge on any atom is 0.318 e. The van der Waals surface area contributed by atoms with E-state index in [-0.39, 0.29) is 34.6 Å². The molecular formula is C20H12O8. The molecule has 2 bridgehead atoms. The molecule has 140 valence electrons. The number of hydrogen-bond acceptors (Lipinski definition) is 8. The number of ether oxygens (including phenoxy) is 2. The van der Waals surface area contributed by atoms with Crippen molar-refractivity contribution in [2.24, 2.45) is 5.92 Å². The van der Waals surface area contributed by atoms with E-state index in [0.717, 1.165) is 0 Å². The van der Waals surface area contributed by atoms with Crippen LogP contribution in [-0.4, -0.2) is 44.1 Å². The SMILES string of the molecule is O=C1Oc2c(O)cccc2[C@@]2(O)C[C@@H]1[C@]13O[C@]21C(=O)c1c(O)cccc1C3=O. The van der Waals surface area contributed by atoms with E-state index in [1.54, 1.807) is 0 Å². The number of rotatable bonds is 0. The van der Waals surface area contributed by atoms with E-state index in [1.807, 2.05) is 0 Å². The lowest BCUT2D eigenvalue weighted by Crippen LogP contribution is -2.54. The molecule has 6 rings (SSSR count). The summed E-state index contributed by atoms with van der Waals surface area (Å²) in [7, 11) is 0. The second-order valence-electron chi connectivity index (χ2n) is 7.57. The van der Waals surface area contributed by atoms with Crippen LogP contribution >= 0.6 is 0 Å². The third-order valence-electron chi connectivity index (χ3n) is 6.47. The number of Topliss-reactive ketones (excluding diaryl/α,β-unsaturated/α-hetero) is 2. The highest BCUT2D eigenvalue weighted by atomic mass is 16.7. The van der Waals surface area contributed by atoms with Crippen LogP contribution in [-0.2, 0) is 15.1 Å². The van der Waals surface area contributed by atoms with Gasteiger partial charge >= 0.3 is 5.97 Å². The average Bonchev–Trinajstić information content (AvgIpc) is 3.34. The molecule has 2 fully saturated rings. The number of hydrogen-bond donors (Lipinski definition) is 3. The zero-order valence-corrected chi connectivity index (χ0v) is 14.1. The monoisotopic (exact) mass is 380 g/mol. The maximum absolute atomic E-state index is 13.5. The number of aliphatic hydroxyl groups is 1. The van der Waals surface area contributed by atoms with Crippen LogP contribution in [0.25, 0.3) is 0 Å². The van der Waals surface area contributed by atoms with Crippen LogP contribution in [0.4, 0.5) is 0 Å². The number of benzene rings is 2. The van der Waals surface area contributed by atoms with Crippen LogP contribution < -0.4 is 4.74 Å². The Labute approximate surface area is 156 Å². The van der Waals surface area contributed by atoms with Gasteiger partial charge in [-0.15, -0.1) is 0 Å². The summed E-state index contributed by atoms with van der Waals surface area (Å²) >= 11 is 0. The highest BCUT2D eigenvalue weighted by Gasteiger charge is 2.96. The zero-order chi connectivity index (χ0) is 19.6. The lowest BCUT2D eigenvalue weighted by molar-refractivity contribution is -0.141. The fraction of sp³-hybridized carbons (Fsp3) is 0.250. The summed E-state index contributed by atoms with van der Waals surface area (Å²) in [5.74, 6) is -4.59. The largest absolute Gasteiger partial charge is 0.507 e. The van der Waals surface area contributed by atoms with Crippen LogP contribution in [0.1, 0.15) is 32.7 Å². The number of fused-ring (bicyclic) bond motifs is 5. The van der Waals surface area contributed by atoms with Crippen molar-refractivity contribution in [1.29, 1.82) is 0 Å². The number of phenolic OH excluding ortho intramolecular Hbond substituents is 2. The van der Waals surface area contributed by atoms with Gasteiger partial charge in [0.2, 0.25) is 11.4 Å². The smallest absolute Gasteiger partial charge is 0.318 e. The van der Waals surface area contributed by atoms with Gasteiger partial charge in [-0.3, -0.25) is 14.4 Å². The molecule has 2 aliphatic heterocycles. The Bertz CT molecular complexity index is 1170. The van der Waals surface area contributed by atoms with Gasteiger partial charge in [0.05, 0.1) is 5.56 Å². The van der Waals surface area contributed by atoms with Crippen LogP contribution in [0.5, 0.6) is 17.2 Å². The molecule has 1 saturated carbocycles. The Morgan fingerprint density at radius 3 is 2.46 bits per heavy atom. The second-order valence-corrected chi connectivity index (χ2v) is 7.57. The van der Waals surface area contributed by atoms with E-state index < -0.39 is 46.0 Å². The summed E-state index contributed by atoms with van der Waals surface area (Å²) in [4.78, 5) is 39.6. The van der Waals surface area contributed by atoms with Crippen molar-refractivity contribution >= 4 is 17.5 Å². The lowest BCUT2D eigenvalue weighted by atomic mass is 9.68. The summed E-state index contributed by atoms with van der Waals surface area (Å²) in [6.07, 6.45) is -0.283. The maximum atomic E-state index is 13.5. The molecule has 8 heteroatoms. The third-order valence-corrected chi connectivity index (χ3v) is 6.47. The lowest BCUT2D eigenvalue weighted by Gasteiger charge is -2.33. The number of aromatic hydroxyl groups is 2. The first kappa shape index (κ1) is 15.8. The van der Waals surface area contributed by atoms with E-state index >= 15 is 0 Å². The minimum Gasteiger partial charge on any atom is -0.507 e. The molecule has 3 N–H and O–H groups in total. The summed E-state index contributed by atoms with van der Waals surface area (Å²) < 4.78 is 11.0. The minimum atomic E-state index is -2.09. The number of carbonyl (C=O) groups excluding carboxylic acids is 3. The first-order valence-corrected chi connectivity index (χ1v) is 8.68. The number of para-hydroxylation sites is 1. The predicted octanol–water partition coefficient (Wildman–Crippen LogP) is 0.811. The van der Waals surface area contributed by atoms with E-state index in [0.29, 0.717) is 0 Å². The van der Waals surface area contributed by atoms with Gasteiger partial charge in [-0.1, -0.05) is 24.3 Å². The van der Waals surface area contributed by atoms with Crippen molar-refractivity contribution < 1.29 is 39.2 Å². The molecule has 4 aliphatic rings. The van der Waals surface area contributed by atoms with Crippen LogP contribution in [0, 0.1) is 5.92 Å². The molecule has 8 nitrogen and oxygen atoms in total. The van der Waals surface area contributed by atoms with Crippen LogP contribution in [0.3, 0.4) is 0 Å². The van der Waals surface area contributed by atoms with Crippen molar-refractivity contribution in [3.05, 3.63) is 53.1 Å². The Kier molecular flexibility index (Phi) is 2.40. The Morgan fingerprint density at radius 2 is 1.68 bits per heavy atom. The van der Waals surface area contributed by atoms with Crippen LogP contribution in [0.2, 0.25) is 0 Å². The first-order chi connectivity index (χ1) is 13.3. The van der Waals surface area contributed by atoms with E-state index in [4.69, 9.17) is 9.47 Å². The molecule has 2 aromatic rings. The zero-order valence-electron chi connectivity index (χ0n) is 14.1. The van der Waals surface area contributed by atoms with Gasteiger partial charge in [-0.05, 0) is 12.1 Å². The van der Waals surface area contributed by atoms with Crippen molar-refractivity contribution in [3.8, 4) is 17.2 Å². The van der Waals surface area contributed by atoms with Crippen LogP contribution in [0.15, 0.2) is 36.4 Å². The average molecular weight is 380 g/mol. The summed E-state index contributed by atoms with van der Waals surface area (Å²) in [5, 5.41) is 32.0. The number of epoxide rings is 1. The summed E-state index contributed by atoms with van der Waals surface area (Å²) in [5.41, 5.74) is -6.35. The number of carbonyl (C=O) groups is 3. The second kappa shape index (κ2) is 4.26. The fourth-order valence-corrected chi connectivity index (χ4v) is 5.30. The van der Waals surface area contributed by atoms with Crippen molar-refractivity contribution in [3.63, 3.8) is 0 Å². The standard InChI is InChI=1S/C20H12O8/c21-11-5-1-3-8-13(11)16(24)20-18(26)7-10(19(20,28-20)15(8)23)17(25)27-14-9(18)4-2-6-12(14)22/h1-6,10,21-22,26H,7H2/t10-,18-,19+,20+/m0/s1. The molecule has 2 aliphatic carbocycles. The number of phenols is 2. The molecule has 2 aromatic carbocycles. The summed E-state index contributed by atoms with van der Waals surface area (Å²) in [6.45, 7) is 0. The number of ketones is 2. The minimum absolute atomic E-state index is 0.0113. The van der Waals surface area contributed by atoms with E-state index in [2.05, 4.69) is 0 Å². The Balaban J connectivity index is 1.72. The van der Waals surface area contributed by atoms with Gasteiger partial charge in [0.1, 0.15) is 17.3 Å². The van der Waals surface area contributed by atoms with Gasteiger partial charge in [-0.2, -0.15) is 0 Å². The molecule has 1 saturated heterocycles. The predicted molar refractivity (Wildman–Crippen MR) is 89.1 cm³/mol. The van der Waals surface area contributed by atoms with E-state index in [1.165, 1.54) is 36.4 Å². The molecule has 0 amide bonds. The summed E-state index contributed by atoms with van der Waals surface area (Å²) in [6, 6.07) is 8.18. The number of esters is 1. The van der Waals surface area contributed by atoms with E-state index in [9.17, 15) is 29.7 Å². The fourth-order valence-electron chi connectivity index (χ4n) is 5.30. The van der Waals surface area contributed by atoms with Crippen molar-refractivity contribution in [2.75, 3.05) is 0 Å². The molecule has 2 heterocycles. The third kappa shape index (κ3) is 1.28. The molecule has 28 heavy (non-hydrogen) atoms. The Morgan fingerprint density at radius 1 is 0.964 bits per heavy atom. The molecular weight excluding hydrogens is 368 g/mol. The highest BCUT2D eigenvalue weighted by molar-refractivity contribution is 6.28. The normalized spacial score (nSPS) is 36.6. The van der Waals surface area contributed by atoms with Gasteiger partial charge in [0, 0.05) is 17.5 Å². The van der Waals surface area contributed by atoms with Gasteiger partial charge in [-0.25, -0.2) is 0 Å². The van der Waals surface area contributed by atoms with Gasteiger partial charge in [0.15, 0.2) is 22.9 Å². The van der Waals surface area contributed by atoms with Crippen molar-refractivity contribution in [1.82, 2.24) is 0 Å². The molecule has 0 radical (unpaired) electrons.